The number of benzene rings is 1. The molecule has 100 valence electrons. The van der Waals surface area contributed by atoms with Crippen LogP contribution in [0.5, 0.6) is 0 Å². The Morgan fingerprint density at radius 1 is 0.944 bits per heavy atom. The average Bonchev–Trinajstić information content (AvgIpc) is 2.28. The van der Waals surface area contributed by atoms with Crippen molar-refractivity contribution in [1.82, 2.24) is 0 Å². The summed E-state index contributed by atoms with van der Waals surface area (Å²) in [5, 5.41) is 0. The van der Waals surface area contributed by atoms with E-state index >= 15 is 0 Å². The van der Waals surface area contributed by atoms with Crippen LogP contribution in [0.2, 0.25) is 25.2 Å². The molecule has 0 aromatic heterocycles. The molecule has 18 heavy (non-hydrogen) atoms. The fourth-order valence-corrected chi connectivity index (χ4v) is 4.54. The van der Waals surface area contributed by atoms with E-state index in [4.69, 9.17) is 0 Å². The Hall–Kier alpha value is -0.763. The van der Waals surface area contributed by atoms with Crippen LogP contribution in [0.1, 0.15) is 26.3 Å². The molecule has 0 unspecified atom stereocenters. The van der Waals surface area contributed by atoms with E-state index in [0.717, 1.165) is 0 Å². The van der Waals surface area contributed by atoms with Crippen LogP contribution in [0, 0.1) is 0 Å². The maximum absolute atomic E-state index is 2.56. The lowest BCUT2D eigenvalue weighted by Gasteiger charge is -2.37. The summed E-state index contributed by atoms with van der Waals surface area (Å²) in [4.78, 5) is 2.56. The van der Waals surface area contributed by atoms with E-state index in [2.05, 4.69) is 63.0 Å². The van der Waals surface area contributed by atoms with Crippen molar-refractivity contribution in [3.63, 3.8) is 0 Å². The van der Waals surface area contributed by atoms with Gasteiger partial charge in [0.25, 0.3) is 0 Å². The van der Waals surface area contributed by atoms with Crippen LogP contribution >= 0.6 is 0 Å². The molecule has 0 saturated carbocycles. The zero-order valence-electron chi connectivity index (χ0n) is 12.6. The molecule has 1 heterocycles. The molecule has 2 rings (SSSR count). The fraction of sp³-hybridized carbons (Fsp3) is 0.625. The summed E-state index contributed by atoms with van der Waals surface area (Å²) in [5.41, 5.74) is 3.10. The van der Waals surface area contributed by atoms with Crippen molar-refractivity contribution >= 4 is 13.8 Å². The van der Waals surface area contributed by atoms with E-state index in [1.54, 1.807) is 0 Å². The van der Waals surface area contributed by atoms with Gasteiger partial charge in [0.2, 0.25) is 0 Å². The van der Waals surface area contributed by atoms with Gasteiger partial charge in [-0.25, -0.2) is 0 Å². The van der Waals surface area contributed by atoms with Gasteiger partial charge in [-0.2, -0.15) is 0 Å². The second-order valence-electron chi connectivity index (χ2n) is 7.45. The van der Waals surface area contributed by atoms with E-state index in [-0.39, 0.29) is 5.41 Å². The van der Waals surface area contributed by atoms with Crippen LogP contribution in [0.4, 0.5) is 5.69 Å². The molecule has 2 heteroatoms. The normalized spacial score (nSPS) is 19.9. The maximum Gasteiger partial charge on any atom is 0.0508 e. The first kappa shape index (κ1) is 13.7. The molecule has 0 atom stereocenters. The highest BCUT2D eigenvalue weighted by Gasteiger charge is 2.27. The summed E-state index contributed by atoms with van der Waals surface area (Å²) in [6, 6.07) is 12.1. The van der Waals surface area contributed by atoms with Gasteiger partial charge in [-0.15, -0.1) is 0 Å². The SMILES string of the molecule is CC(C)(C)c1ccc(N2CC[Si](C)(C)CC2)cc1. The predicted octanol–water partition coefficient (Wildman–Crippen LogP) is 4.51. The first-order valence-corrected chi connectivity index (χ1v) is 10.5. The molecular formula is C16H27NSi. The average molecular weight is 261 g/mol. The Labute approximate surface area is 113 Å². The Balaban J connectivity index is 2.07. The van der Waals surface area contributed by atoms with Gasteiger partial charge in [-0.3, -0.25) is 0 Å². The highest BCUT2D eigenvalue weighted by molar-refractivity contribution is 6.77. The fourth-order valence-electron chi connectivity index (χ4n) is 2.54. The van der Waals surface area contributed by atoms with E-state index < -0.39 is 8.07 Å². The molecule has 1 nitrogen and oxygen atoms in total. The predicted molar refractivity (Wildman–Crippen MR) is 84.5 cm³/mol. The van der Waals surface area contributed by atoms with E-state index in [0.29, 0.717) is 0 Å². The van der Waals surface area contributed by atoms with Crippen molar-refractivity contribution in [3.8, 4) is 0 Å². The number of hydrogen-bond donors (Lipinski definition) is 0. The molecule has 0 aliphatic carbocycles. The summed E-state index contributed by atoms with van der Waals surface area (Å²) in [7, 11) is -0.848. The number of anilines is 1. The third kappa shape index (κ3) is 3.17. The standard InChI is InChI=1S/C16H27NSi/c1-16(2,3)14-6-8-15(9-7-14)17-10-12-18(4,5)13-11-17/h6-9H,10-13H2,1-5H3. The molecule has 1 aliphatic rings. The van der Waals surface area contributed by atoms with Gasteiger partial charge in [0.1, 0.15) is 0 Å². The molecule has 1 aliphatic heterocycles. The minimum atomic E-state index is -0.848. The first-order valence-electron chi connectivity index (χ1n) is 7.13. The molecule has 1 aromatic rings. The van der Waals surface area contributed by atoms with E-state index in [1.807, 2.05) is 0 Å². The summed E-state index contributed by atoms with van der Waals surface area (Å²) >= 11 is 0. The lowest BCUT2D eigenvalue weighted by atomic mass is 9.87. The molecule has 0 spiro atoms. The molecule has 0 bridgehead atoms. The monoisotopic (exact) mass is 261 g/mol. The Kier molecular flexibility index (Phi) is 3.59. The minimum Gasteiger partial charge on any atom is -0.372 e. The summed E-state index contributed by atoms with van der Waals surface area (Å²) < 4.78 is 0. The van der Waals surface area contributed by atoms with Crippen molar-refractivity contribution in [2.45, 2.75) is 51.4 Å². The lowest BCUT2D eigenvalue weighted by Crippen LogP contribution is -2.42. The van der Waals surface area contributed by atoms with Crippen molar-refractivity contribution in [1.29, 1.82) is 0 Å². The van der Waals surface area contributed by atoms with Crippen molar-refractivity contribution in [3.05, 3.63) is 29.8 Å². The zero-order valence-corrected chi connectivity index (χ0v) is 13.6. The largest absolute Gasteiger partial charge is 0.372 e. The van der Waals surface area contributed by atoms with Gasteiger partial charge in [0, 0.05) is 18.8 Å². The molecule has 0 N–H and O–H groups in total. The topological polar surface area (TPSA) is 3.24 Å². The molecule has 0 amide bonds. The first-order chi connectivity index (χ1) is 8.28. The summed E-state index contributed by atoms with van der Waals surface area (Å²) in [5.74, 6) is 0. The quantitative estimate of drug-likeness (QED) is 0.672. The number of rotatable bonds is 1. The van der Waals surface area contributed by atoms with Gasteiger partial charge in [0.05, 0.1) is 8.07 Å². The third-order valence-electron chi connectivity index (χ3n) is 4.22. The zero-order chi connectivity index (χ0) is 13.4. The van der Waals surface area contributed by atoms with Gasteiger partial charge in [0.15, 0.2) is 0 Å². The Bertz CT molecular complexity index is 390. The molecule has 0 radical (unpaired) electrons. The maximum atomic E-state index is 2.56. The van der Waals surface area contributed by atoms with Crippen molar-refractivity contribution < 1.29 is 0 Å². The van der Waals surface area contributed by atoms with Crippen LogP contribution < -0.4 is 4.90 Å². The van der Waals surface area contributed by atoms with Crippen LogP contribution in [0.3, 0.4) is 0 Å². The number of hydrogen-bond acceptors (Lipinski definition) is 1. The number of nitrogens with zero attached hydrogens (tertiary/aromatic N) is 1. The van der Waals surface area contributed by atoms with E-state index in [9.17, 15) is 0 Å². The smallest absolute Gasteiger partial charge is 0.0508 e. The highest BCUT2D eigenvalue weighted by Crippen LogP contribution is 2.28. The van der Waals surface area contributed by atoms with Gasteiger partial charge >= 0.3 is 0 Å². The molecule has 1 saturated heterocycles. The minimum absolute atomic E-state index is 0.259. The van der Waals surface area contributed by atoms with Gasteiger partial charge < -0.3 is 4.90 Å². The van der Waals surface area contributed by atoms with Crippen LogP contribution in [-0.4, -0.2) is 21.2 Å². The van der Waals surface area contributed by atoms with Crippen LogP contribution in [-0.2, 0) is 5.41 Å². The Morgan fingerprint density at radius 3 is 1.89 bits per heavy atom. The second-order valence-corrected chi connectivity index (χ2v) is 12.8. The molecule has 1 fully saturated rings. The highest BCUT2D eigenvalue weighted by atomic mass is 28.3. The van der Waals surface area contributed by atoms with Gasteiger partial charge in [-0.05, 0) is 35.2 Å². The Morgan fingerprint density at radius 2 is 1.44 bits per heavy atom. The lowest BCUT2D eigenvalue weighted by molar-refractivity contribution is 0.590. The summed E-state index contributed by atoms with van der Waals surface area (Å²) in [6.45, 7) is 14.4. The van der Waals surface area contributed by atoms with Crippen LogP contribution in [0.25, 0.3) is 0 Å². The third-order valence-corrected chi connectivity index (χ3v) is 7.37. The second kappa shape index (κ2) is 4.73. The summed E-state index contributed by atoms with van der Waals surface area (Å²) in [6.07, 6.45) is 0. The van der Waals surface area contributed by atoms with Crippen molar-refractivity contribution in [2.75, 3.05) is 18.0 Å². The molecular weight excluding hydrogens is 234 g/mol. The van der Waals surface area contributed by atoms with Gasteiger partial charge in [-0.1, -0.05) is 46.0 Å². The van der Waals surface area contributed by atoms with Crippen LogP contribution in [0.15, 0.2) is 24.3 Å². The van der Waals surface area contributed by atoms with Crippen molar-refractivity contribution in [2.24, 2.45) is 0 Å². The molecule has 1 aromatic carbocycles. The van der Waals surface area contributed by atoms with E-state index in [1.165, 1.54) is 36.4 Å².